The van der Waals surface area contributed by atoms with Gasteiger partial charge in [0.1, 0.15) is 0 Å². The molecule has 2 heterocycles. The van der Waals surface area contributed by atoms with Gasteiger partial charge in [0.05, 0.1) is 11.9 Å². The summed E-state index contributed by atoms with van der Waals surface area (Å²) in [5.74, 6) is 1.17. The van der Waals surface area contributed by atoms with Crippen LogP contribution in [0.3, 0.4) is 0 Å². The van der Waals surface area contributed by atoms with E-state index in [0.717, 1.165) is 45.2 Å². The summed E-state index contributed by atoms with van der Waals surface area (Å²) in [6, 6.07) is 0. The number of piperidine rings is 1. The normalized spacial score (nSPS) is 21.4. The van der Waals surface area contributed by atoms with Crippen molar-refractivity contribution >= 4 is 45.9 Å². The maximum atomic E-state index is 12.2. The highest BCUT2D eigenvalue weighted by atomic mass is 127. The fraction of sp³-hybridized carbons (Fsp3) is 0.889. The molecule has 11 heteroatoms. The first-order valence-corrected chi connectivity index (χ1v) is 11.8. The van der Waals surface area contributed by atoms with Gasteiger partial charge in [0.2, 0.25) is 15.9 Å². The van der Waals surface area contributed by atoms with E-state index in [1.54, 1.807) is 14.1 Å². The van der Waals surface area contributed by atoms with Gasteiger partial charge in [-0.2, -0.15) is 0 Å². The minimum absolute atomic E-state index is 0. The van der Waals surface area contributed by atoms with Gasteiger partial charge in [-0.25, -0.2) is 13.1 Å². The van der Waals surface area contributed by atoms with Crippen molar-refractivity contribution in [3.63, 3.8) is 0 Å². The first kappa shape index (κ1) is 26.4. The maximum absolute atomic E-state index is 12.2. The Morgan fingerprint density at radius 3 is 2.52 bits per heavy atom. The molecule has 0 aromatic carbocycles. The average molecular weight is 545 g/mol. The Morgan fingerprint density at radius 2 is 1.93 bits per heavy atom. The molecule has 0 aliphatic carbocycles. The molecular formula is C18H36IN5O4S. The molecule has 0 aromatic heterocycles. The second-order valence-corrected chi connectivity index (χ2v) is 9.36. The summed E-state index contributed by atoms with van der Waals surface area (Å²) in [5, 5.41) is 5.82. The van der Waals surface area contributed by atoms with Gasteiger partial charge < -0.3 is 20.3 Å². The topological polar surface area (TPSA) is 112 Å². The zero-order valence-corrected chi connectivity index (χ0v) is 20.6. The SMILES string of the molecule is CN=C(NCCS(=O)(=O)NCC1CCCCO1)N1CCC(CC(=O)NC)CC1.I. The Hall–Kier alpha value is -0.660. The highest BCUT2D eigenvalue weighted by Crippen LogP contribution is 2.20. The van der Waals surface area contributed by atoms with Crippen LogP contribution in [0.1, 0.15) is 38.5 Å². The molecule has 1 atom stereocenters. The predicted molar refractivity (Wildman–Crippen MR) is 125 cm³/mol. The van der Waals surface area contributed by atoms with Gasteiger partial charge in [-0.15, -0.1) is 24.0 Å². The summed E-state index contributed by atoms with van der Waals surface area (Å²) in [6.07, 6.45) is 5.44. The Kier molecular flexibility index (Phi) is 12.4. The molecule has 2 rings (SSSR count). The number of rotatable bonds is 8. The molecule has 0 aromatic rings. The fourth-order valence-corrected chi connectivity index (χ4v) is 4.56. The van der Waals surface area contributed by atoms with Gasteiger partial charge in [-0.1, -0.05) is 0 Å². The minimum Gasteiger partial charge on any atom is -0.377 e. The molecule has 1 amide bonds. The summed E-state index contributed by atoms with van der Waals surface area (Å²) >= 11 is 0. The van der Waals surface area contributed by atoms with Gasteiger partial charge >= 0.3 is 0 Å². The molecule has 1 unspecified atom stereocenters. The number of hydrogen-bond acceptors (Lipinski definition) is 5. The molecule has 0 bridgehead atoms. The number of aliphatic imine (C=N–C) groups is 1. The van der Waals surface area contributed by atoms with E-state index in [9.17, 15) is 13.2 Å². The monoisotopic (exact) mass is 545 g/mol. The summed E-state index contributed by atoms with van der Waals surface area (Å²) in [7, 11) is 0.0103. The number of guanidine groups is 1. The molecule has 170 valence electrons. The van der Waals surface area contributed by atoms with Crippen LogP contribution in [-0.2, 0) is 19.6 Å². The van der Waals surface area contributed by atoms with Crippen LogP contribution in [0.5, 0.6) is 0 Å². The van der Waals surface area contributed by atoms with Crippen LogP contribution in [0.4, 0.5) is 0 Å². The van der Waals surface area contributed by atoms with Crippen LogP contribution in [0.2, 0.25) is 0 Å². The number of carbonyl (C=O) groups is 1. The van der Waals surface area contributed by atoms with Crippen molar-refractivity contribution in [2.75, 3.05) is 52.6 Å². The van der Waals surface area contributed by atoms with E-state index in [1.165, 1.54) is 0 Å². The number of nitrogens with one attached hydrogen (secondary N) is 3. The van der Waals surface area contributed by atoms with Crippen molar-refractivity contribution in [3.05, 3.63) is 0 Å². The second-order valence-electron chi connectivity index (χ2n) is 7.44. The van der Waals surface area contributed by atoms with Crippen LogP contribution < -0.4 is 15.4 Å². The molecule has 2 aliphatic heterocycles. The predicted octanol–water partition coefficient (Wildman–Crippen LogP) is 0.516. The van der Waals surface area contributed by atoms with Crippen molar-refractivity contribution in [1.29, 1.82) is 0 Å². The molecule has 3 N–H and O–H groups in total. The van der Waals surface area contributed by atoms with Crippen LogP contribution in [0, 0.1) is 5.92 Å². The highest BCUT2D eigenvalue weighted by Gasteiger charge is 2.23. The van der Waals surface area contributed by atoms with Gasteiger partial charge in [-0.3, -0.25) is 9.79 Å². The quantitative estimate of drug-likeness (QED) is 0.233. The number of nitrogens with zero attached hydrogens (tertiary/aromatic N) is 2. The molecule has 29 heavy (non-hydrogen) atoms. The molecule has 2 fully saturated rings. The molecular weight excluding hydrogens is 509 g/mol. The Bertz CT molecular complexity index is 618. The number of hydrogen-bond donors (Lipinski definition) is 3. The number of likely N-dealkylation sites (tertiary alicyclic amines) is 1. The van der Waals surface area contributed by atoms with Crippen molar-refractivity contribution in [2.45, 2.75) is 44.6 Å². The average Bonchev–Trinajstić information content (AvgIpc) is 2.71. The van der Waals surface area contributed by atoms with E-state index in [0.29, 0.717) is 38.0 Å². The van der Waals surface area contributed by atoms with Crippen molar-refractivity contribution in [2.24, 2.45) is 10.9 Å². The molecule has 9 nitrogen and oxygen atoms in total. The van der Waals surface area contributed by atoms with Gasteiger partial charge in [0.15, 0.2) is 5.96 Å². The lowest BCUT2D eigenvalue weighted by Gasteiger charge is -2.34. The third-order valence-electron chi connectivity index (χ3n) is 5.34. The lowest BCUT2D eigenvalue weighted by Crippen LogP contribution is -2.47. The lowest BCUT2D eigenvalue weighted by molar-refractivity contribution is -0.121. The van der Waals surface area contributed by atoms with E-state index >= 15 is 0 Å². The molecule has 0 spiro atoms. The smallest absolute Gasteiger partial charge is 0.220 e. The third kappa shape index (κ3) is 9.79. The van der Waals surface area contributed by atoms with E-state index in [4.69, 9.17) is 4.74 Å². The standard InChI is InChI=1S/C18H35N5O4S.HI/c1-19-17(24)13-15-6-9-23(10-7-15)18(20-2)21-8-12-28(25,26)22-14-16-5-3-4-11-27-16;/h15-16,22H,3-14H2,1-2H3,(H,19,24)(H,20,21);1H. The van der Waals surface area contributed by atoms with Crippen LogP contribution in [-0.4, -0.2) is 83.9 Å². The number of ether oxygens (including phenoxy) is 1. The molecule has 2 saturated heterocycles. The lowest BCUT2D eigenvalue weighted by atomic mass is 9.93. The third-order valence-corrected chi connectivity index (χ3v) is 6.69. The summed E-state index contributed by atoms with van der Waals surface area (Å²) in [4.78, 5) is 17.9. The van der Waals surface area contributed by atoms with Gasteiger partial charge in [0, 0.05) is 53.3 Å². The van der Waals surface area contributed by atoms with E-state index in [1.807, 2.05) is 0 Å². The zero-order valence-electron chi connectivity index (χ0n) is 17.5. The molecule has 0 radical (unpaired) electrons. The van der Waals surface area contributed by atoms with Crippen molar-refractivity contribution in [3.8, 4) is 0 Å². The van der Waals surface area contributed by atoms with Crippen LogP contribution >= 0.6 is 24.0 Å². The zero-order chi connectivity index (χ0) is 20.4. The van der Waals surface area contributed by atoms with Crippen LogP contribution in [0.15, 0.2) is 4.99 Å². The number of carbonyl (C=O) groups excluding carboxylic acids is 1. The Morgan fingerprint density at radius 1 is 1.21 bits per heavy atom. The minimum atomic E-state index is -3.35. The Balaban J connectivity index is 0.00000420. The highest BCUT2D eigenvalue weighted by molar-refractivity contribution is 14.0. The van der Waals surface area contributed by atoms with Crippen molar-refractivity contribution < 1.29 is 17.9 Å². The maximum Gasteiger partial charge on any atom is 0.220 e. The van der Waals surface area contributed by atoms with Gasteiger partial charge in [0.25, 0.3) is 0 Å². The van der Waals surface area contributed by atoms with Crippen molar-refractivity contribution in [1.82, 2.24) is 20.3 Å². The first-order chi connectivity index (χ1) is 13.4. The number of halogens is 1. The fourth-order valence-electron chi connectivity index (χ4n) is 3.60. The van der Waals surface area contributed by atoms with Gasteiger partial charge in [-0.05, 0) is 38.0 Å². The Labute approximate surface area is 191 Å². The summed E-state index contributed by atoms with van der Waals surface area (Å²) in [5.41, 5.74) is 0. The number of amides is 1. The molecule has 0 saturated carbocycles. The number of sulfonamides is 1. The van der Waals surface area contributed by atoms with E-state index < -0.39 is 10.0 Å². The second kappa shape index (κ2) is 13.6. The largest absolute Gasteiger partial charge is 0.377 e. The van der Waals surface area contributed by atoms with Crippen LogP contribution in [0.25, 0.3) is 0 Å². The van der Waals surface area contributed by atoms with E-state index in [-0.39, 0.29) is 41.7 Å². The molecule has 2 aliphatic rings. The first-order valence-electron chi connectivity index (χ1n) is 10.2. The summed E-state index contributed by atoms with van der Waals surface area (Å²) < 4.78 is 32.6. The summed E-state index contributed by atoms with van der Waals surface area (Å²) in [6.45, 7) is 2.97. The van der Waals surface area contributed by atoms with E-state index in [2.05, 4.69) is 25.2 Å².